The fourth-order valence-corrected chi connectivity index (χ4v) is 3.18. The average Bonchev–Trinajstić information content (AvgIpc) is 2.88. The Bertz CT molecular complexity index is 394. The van der Waals surface area contributed by atoms with Crippen molar-refractivity contribution in [2.45, 2.75) is 38.8 Å². The third-order valence-electron chi connectivity index (χ3n) is 4.13. The molecule has 3 heteroatoms. The molecule has 2 atom stereocenters. The van der Waals surface area contributed by atoms with Gasteiger partial charge >= 0.3 is 0 Å². The molecule has 0 aromatic heterocycles. The van der Waals surface area contributed by atoms with Gasteiger partial charge in [-0.2, -0.15) is 0 Å². The van der Waals surface area contributed by atoms with Gasteiger partial charge in [0.1, 0.15) is 5.75 Å². The van der Waals surface area contributed by atoms with Crippen molar-refractivity contribution in [1.82, 2.24) is 4.90 Å². The van der Waals surface area contributed by atoms with Crippen LogP contribution in [-0.4, -0.2) is 31.1 Å². The van der Waals surface area contributed by atoms with Crippen molar-refractivity contribution >= 4 is 0 Å². The quantitative estimate of drug-likeness (QED) is 0.856. The Hall–Kier alpha value is -1.06. The molecule has 1 fully saturated rings. The van der Waals surface area contributed by atoms with E-state index in [2.05, 4.69) is 30.1 Å². The van der Waals surface area contributed by atoms with Crippen molar-refractivity contribution in [3.8, 4) is 5.75 Å². The SMILES string of the molecule is CCOc1cccc(CN(C)C2CCCC2CN)c1. The van der Waals surface area contributed by atoms with E-state index in [9.17, 15) is 0 Å². The van der Waals surface area contributed by atoms with Gasteiger partial charge in [-0.25, -0.2) is 0 Å². The molecule has 3 nitrogen and oxygen atoms in total. The maximum atomic E-state index is 5.87. The predicted octanol–water partition coefficient (Wildman–Crippen LogP) is 2.64. The van der Waals surface area contributed by atoms with Crippen molar-refractivity contribution in [3.05, 3.63) is 29.8 Å². The van der Waals surface area contributed by atoms with Gasteiger partial charge in [0.05, 0.1) is 6.61 Å². The van der Waals surface area contributed by atoms with Gasteiger partial charge in [0.2, 0.25) is 0 Å². The van der Waals surface area contributed by atoms with E-state index in [4.69, 9.17) is 10.5 Å². The Labute approximate surface area is 116 Å². The molecule has 2 unspecified atom stereocenters. The number of nitrogens with two attached hydrogens (primary N) is 1. The summed E-state index contributed by atoms with van der Waals surface area (Å²) in [6, 6.07) is 9.05. The zero-order valence-electron chi connectivity index (χ0n) is 12.1. The highest BCUT2D eigenvalue weighted by Gasteiger charge is 2.29. The van der Waals surface area contributed by atoms with Gasteiger partial charge in [0.25, 0.3) is 0 Å². The molecule has 0 heterocycles. The van der Waals surface area contributed by atoms with Crippen molar-refractivity contribution in [2.75, 3.05) is 20.2 Å². The summed E-state index contributed by atoms with van der Waals surface area (Å²) in [5.74, 6) is 1.63. The normalized spacial score (nSPS) is 22.9. The maximum absolute atomic E-state index is 5.87. The molecule has 0 spiro atoms. The van der Waals surface area contributed by atoms with E-state index >= 15 is 0 Å². The summed E-state index contributed by atoms with van der Waals surface area (Å²) < 4.78 is 5.56. The molecule has 0 saturated heterocycles. The first kappa shape index (κ1) is 14.4. The maximum Gasteiger partial charge on any atom is 0.119 e. The second kappa shape index (κ2) is 6.92. The molecule has 2 rings (SSSR count). The highest BCUT2D eigenvalue weighted by atomic mass is 16.5. The van der Waals surface area contributed by atoms with E-state index in [1.165, 1.54) is 24.8 Å². The monoisotopic (exact) mass is 262 g/mol. The molecule has 0 aliphatic heterocycles. The van der Waals surface area contributed by atoms with Crippen LogP contribution < -0.4 is 10.5 Å². The number of hydrogen-bond donors (Lipinski definition) is 1. The van der Waals surface area contributed by atoms with Crippen molar-refractivity contribution < 1.29 is 4.74 Å². The molecular formula is C16H26N2O. The Morgan fingerprint density at radius 3 is 2.95 bits per heavy atom. The summed E-state index contributed by atoms with van der Waals surface area (Å²) in [5.41, 5.74) is 7.19. The molecule has 1 saturated carbocycles. The number of nitrogens with zero attached hydrogens (tertiary/aromatic N) is 1. The molecule has 1 aliphatic rings. The number of hydrogen-bond acceptors (Lipinski definition) is 3. The third-order valence-corrected chi connectivity index (χ3v) is 4.13. The van der Waals surface area contributed by atoms with Crippen LogP contribution in [0.4, 0.5) is 0 Å². The van der Waals surface area contributed by atoms with E-state index in [-0.39, 0.29) is 0 Å². The fraction of sp³-hybridized carbons (Fsp3) is 0.625. The van der Waals surface area contributed by atoms with Gasteiger partial charge in [-0.3, -0.25) is 4.90 Å². The number of benzene rings is 1. The second-order valence-electron chi connectivity index (χ2n) is 5.49. The van der Waals surface area contributed by atoms with Crippen LogP contribution in [0, 0.1) is 5.92 Å². The third kappa shape index (κ3) is 3.71. The molecule has 1 aromatic rings. The van der Waals surface area contributed by atoms with Crippen LogP contribution in [0.3, 0.4) is 0 Å². The topological polar surface area (TPSA) is 38.5 Å². The Balaban J connectivity index is 1.98. The summed E-state index contributed by atoms with van der Waals surface area (Å²) in [5, 5.41) is 0. The van der Waals surface area contributed by atoms with Gasteiger partial charge < -0.3 is 10.5 Å². The first-order valence-electron chi connectivity index (χ1n) is 7.36. The molecular weight excluding hydrogens is 236 g/mol. The highest BCUT2D eigenvalue weighted by molar-refractivity contribution is 5.28. The second-order valence-corrected chi connectivity index (χ2v) is 5.49. The molecule has 1 aromatic carbocycles. The predicted molar refractivity (Wildman–Crippen MR) is 79.3 cm³/mol. The minimum atomic E-state index is 0.640. The van der Waals surface area contributed by atoms with E-state index in [0.717, 1.165) is 25.4 Å². The van der Waals surface area contributed by atoms with Crippen LogP contribution in [0.15, 0.2) is 24.3 Å². The van der Waals surface area contributed by atoms with E-state index in [1.807, 2.05) is 13.0 Å². The first-order chi connectivity index (χ1) is 9.24. The number of rotatable bonds is 6. The van der Waals surface area contributed by atoms with Gasteiger partial charge in [-0.05, 0) is 57.0 Å². The molecule has 2 N–H and O–H groups in total. The standard InChI is InChI=1S/C16H26N2O/c1-3-19-15-8-4-6-13(10-15)12-18(2)16-9-5-7-14(16)11-17/h4,6,8,10,14,16H,3,5,7,9,11-12,17H2,1-2H3. The highest BCUT2D eigenvalue weighted by Crippen LogP contribution is 2.29. The summed E-state index contributed by atoms with van der Waals surface area (Å²) in [4.78, 5) is 2.45. The first-order valence-corrected chi connectivity index (χ1v) is 7.36. The Morgan fingerprint density at radius 2 is 2.21 bits per heavy atom. The lowest BCUT2D eigenvalue weighted by Crippen LogP contribution is -2.37. The van der Waals surface area contributed by atoms with Crippen LogP contribution in [-0.2, 0) is 6.54 Å². The van der Waals surface area contributed by atoms with Crippen LogP contribution in [0.5, 0.6) is 5.75 Å². The van der Waals surface area contributed by atoms with Gasteiger partial charge in [0.15, 0.2) is 0 Å². The molecule has 0 amide bonds. The largest absolute Gasteiger partial charge is 0.494 e. The summed E-state index contributed by atoms with van der Waals surface area (Å²) in [6.07, 6.45) is 3.88. The zero-order valence-corrected chi connectivity index (χ0v) is 12.1. The lowest BCUT2D eigenvalue weighted by atomic mass is 10.0. The van der Waals surface area contributed by atoms with E-state index < -0.39 is 0 Å². The van der Waals surface area contributed by atoms with Crippen molar-refractivity contribution in [1.29, 1.82) is 0 Å². The molecule has 0 radical (unpaired) electrons. The average molecular weight is 262 g/mol. The summed E-state index contributed by atoms with van der Waals surface area (Å²) in [6.45, 7) is 4.52. The Morgan fingerprint density at radius 1 is 1.37 bits per heavy atom. The molecule has 1 aliphatic carbocycles. The smallest absolute Gasteiger partial charge is 0.119 e. The Kier molecular flexibility index (Phi) is 5.23. The van der Waals surface area contributed by atoms with Crippen LogP contribution in [0.25, 0.3) is 0 Å². The van der Waals surface area contributed by atoms with Crippen LogP contribution >= 0.6 is 0 Å². The van der Waals surface area contributed by atoms with Gasteiger partial charge in [0, 0.05) is 12.6 Å². The lowest BCUT2D eigenvalue weighted by Gasteiger charge is -2.29. The zero-order chi connectivity index (χ0) is 13.7. The van der Waals surface area contributed by atoms with Crippen LogP contribution in [0.2, 0.25) is 0 Å². The van der Waals surface area contributed by atoms with Crippen molar-refractivity contribution in [3.63, 3.8) is 0 Å². The van der Waals surface area contributed by atoms with Crippen LogP contribution in [0.1, 0.15) is 31.7 Å². The van der Waals surface area contributed by atoms with Gasteiger partial charge in [-0.1, -0.05) is 18.6 Å². The molecule has 106 valence electrons. The minimum Gasteiger partial charge on any atom is -0.494 e. The molecule has 0 bridgehead atoms. The summed E-state index contributed by atoms with van der Waals surface area (Å²) >= 11 is 0. The molecule has 19 heavy (non-hydrogen) atoms. The van der Waals surface area contributed by atoms with E-state index in [0.29, 0.717) is 12.0 Å². The number of ether oxygens (including phenoxy) is 1. The van der Waals surface area contributed by atoms with Gasteiger partial charge in [-0.15, -0.1) is 0 Å². The van der Waals surface area contributed by atoms with E-state index in [1.54, 1.807) is 0 Å². The van der Waals surface area contributed by atoms with Crippen molar-refractivity contribution in [2.24, 2.45) is 11.7 Å². The summed E-state index contributed by atoms with van der Waals surface area (Å²) in [7, 11) is 2.21. The lowest BCUT2D eigenvalue weighted by molar-refractivity contribution is 0.192. The minimum absolute atomic E-state index is 0.640. The fourth-order valence-electron chi connectivity index (χ4n) is 3.18.